The van der Waals surface area contributed by atoms with Gasteiger partial charge in [-0.1, -0.05) is 24.3 Å². The lowest BCUT2D eigenvalue weighted by molar-refractivity contribution is -0.138. The third-order valence-corrected chi connectivity index (χ3v) is 8.12. The third-order valence-electron chi connectivity index (χ3n) is 8.12. The number of rotatable bonds is 7. The number of benzene rings is 1. The molecule has 0 radical (unpaired) electrons. The van der Waals surface area contributed by atoms with Gasteiger partial charge in [0.15, 0.2) is 5.76 Å². The van der Waals surface area contributed by atoms with Crippen LogP contribution < -0.4 is 4.74 Å². The van der Waals surface area contributed by atoms with Crippen molar-refractivity contribution >= 4 is 11.8 Å². The van der Waals surface area contributed by atoms with E-state index in [0.29, 0.717) is 29.4 Å². The molecular weight excluding hydrogens is 428 g/mol. The lowest BCUT2D eigenvalue weighted by atomic mass is 9.84. The molecule has 3 aliphatic rings. The van der Waals surface area contributed by atoms with Gasteiger partial charge in [0, 0.05) is 32.1 Å². The molecule has 2 aromatic rings. The Bertz CT molecular complexity index is 1040. The maximum absolute atomic E-state index is 13.2. The molecule has 1 aromatic carbocycles. The molecule has 6 nitrogen and oxygen atoms in total. The molecule has 180 valence electrons. The minimum absolute atomic E-state index is 0.00684. The molecule has 2 fully saturated rings. The van der Waals surface area contributed by atoms with Gasteiger partial charge in [0.25, 0.3) is 5.91 Å². The van der Waals surface area contributed by atoms with Gasteiger partial charge in [-0.15, -0.1) is 0 Å². The van der Waals surface area contributed by atoms with E-state index in [2.05, 4.69) is 23.1 Å². The Morgan fingerprint density at radius 2 is 1.97 bits per heavy atom. The van der Waals surface area contributed by atoms with Gasteiger partial charge in [-0.05, 0) is 79.7 Å². The van der Waals surface area contributed by atoms with Crippen LogP contribution in [0.4, 0.5) is 0 Å². The van der Waals surface area contributed by atoms with Crippen LogP contribution in [-0.4, -0.2) is 54.9 Å². The average molecular weight is 463 g/mol. The minimum atomic E-state index is -0.106. The summed E-state index contributed by atoms with van der Waals surface area (Å²) in [6, 6.07) is 11.5. The van der Waals surface area contributed by atoms with Crippen molar-refractivity contribution in [3.63, 3.8) is 0 Å². The summed E-state index contributed by atoms with van der Waals surface area (Å²) < 4.78 is 10.8. The summed E-state index contributed by atoms with van der Waals surface area (Å²) in [5.74, 6) is 2.91. The third kappa shape index (κ3) is 4.50. The van der Waals surface area contributed by atoms with Crippen LogP contribution in [0.5, 0.6) is 5.75 Å². The predicted molar refractivity (Wildman–Crippen MR) is 129 cm³/mol. The minimum Gasteiger partial charge on any atom is -0.497 e. The fourth-order valence-corrected chi connectivity index (χ4v) is 6.19. The number of carbonyl (C=O) groups is 2. The van der Waals surface area contributed by atoms with Crippen molar-refractivity contribution in [3.8, 4) is 5.75 Å². The van der Waals surface area contributed by atoms with Crippen LogP contribution in [0.3, 0.4) is 0 Å². The quantitative estimate of drug-likeness (QED) is 0.572. The fraction of sp³-hybridized carbons (Fsp3) is 0.500. The first-order valence-corrected chi connectivity index (χ1v) is 12.4. The summed E-state index contributed by atoms with van der Waals surface area (Å²) in [6.07, 6.45) is 10.8. The van der Waals surface area contributed by atoms with Crippen molar-refractivity contribution in [2.75, 3.05) is 27.2 Å². The summed E-state index contributed by atoms with van der Waals surface area (Å²) in [5, 5.41) is 0. The Labute approximate surface area is 201 Å². The monoisotopic (exact) mass is 462 g/mol. The first kappa shape index (κ1) is 22.8. The lowest BCUT2D eigenvalue weighted by Gasteiger charge is -2.41. The Morgan fingerprint density at radius 1 is 1.15 bits per heavy atom. The highest BCUT2D eigenvalue weighted by atomic mass is 16.5. The highest BCUT2D eigenvalue weighted by Crippen LogP contribution is 2.44. The summed E-state index contributed by atoms with van der Waals surface area (Å²) >= 11 is 0. The number of likely N-dealkylation sites (N-methyl/N-ethyl adjacent to an activating group) is 1. The van der Waals surface area contributed by atoms with E-state index >= 15 is 0 Å². The molecule has 5 rings (SSSR count). The number of furan rings is 1. The van der Waals surface area contributed by atoms with Crippen molar-refractivity contribution in [3.05, 3.63) is 66.1 Å². The smallest absolute Gasteiger partial charge is 0.289 e. The molecule has 1 saturated carbocycles. The molecule has 34 heavy (non-hydrogen) atoms. The second-order valence-corrected chi connectivity index (χ2v) is 10.1. The van der Waals surface area contributed by atoms with Crippen LogP contribution in [-0.2, 0) is 11.2 Å². The Balaban J connectivity index is 1.29. The summed E-state index contributed by atoms with van der Waals surface area (Å²) in [4.78, 5) is 30.3. The Morgan fingerprint density at radius 3 is 2.62 bits per heavy atom. The maximum Gasteiger partial charge on any atom is 0.289 e. The van der Waals surface area contributed by atoms with E-state index in [1.807, 2.05) is 30.1 Å². The van der Waals surface area contributed by atoms with Gasteiger partial charge in [-0.25, -0.2) is 0 Å². The molecule has 6 heteroatoms. The highest BCUT2D eigenvalue weighted by Gasteiger charge is 2.42. The van der Waals surface area contributed by atoms with Gasteiger partial charge >= 0.3 is 0 Å². The van der Waals surface area contributed by atoms with Crippen molar-refractivity contribution in [2.24, 2.45) is 23.7 Å². The molecule has 2 heterocycles. The number of nitrogens with zero attached hydrogens (tertiary/aromatic N) is 2. The van der Waals surface area contributed by atoms with Crippen molar-refractivity contribution < 1.29 is 18.7 Å². The number of ether oxygens (including phenoxy) is 1. The summed E-state index contributed by atoms with van der Waals surface area (Å²) in [6.45, 7) is 1.52. The summed E-state index contributed by atoms with van der Waals surface area (Å²) in [5.41, 5.74) is 1.13. The van der Waals surface area contributed by atoms with Gasteiger partial charge in [-0.3, -0.25) is 9.59 Å². The SMILES string of the molecule is COc1cccc(CC(C2CCN(C(=O)[C@H]3C[C@@H]4C=C[C@H]3C4)CC2)N(C)C(=O)c2ccco2)c1. The molecule has 1 saturated heterocycles. The van der Waals surface area contributed by atoms with Crippen molar-refractivity contribution in [2.45, 2.75) is 38.1 Å². The molecule has 2 bridgehead atoms. The van der Waals surface area contributed by atoms with Gasteiger partial charge in [-0.2, -0.15) is 0 Å². The zero-order chi connectivity index (χ0) is 23.7. The van der Waals surface area contributed by atoms with E-state index in [1.54, 1.807) is 19.2 Å². The number of methoxy groups -OCH3 is 1. The number of likely N-dealkylation sites (tertiary alicyclic amines) is 1. The van der Waals surface area contributed by atoms with E-state index in [-0.39, 0.29) is 17.9 Å². The van der Waals surface area contributed by atoms with Crippen molar-refractivity contribution in [1.29, 1.82) is 0 Å². The second-order valence-electron chi connectivity index (χ2n) is 10.1. The lowest BCUT2D eigenvalue weighted by Crippen LogP contribution is -2.49. The van der Waals surface area contributed by atoms with Crippen LogP contribution in [0.15, 0.2) is 59.2 Å². The Hall–Kier alpha value is -3.02. The van der Waals surface area contributed by atoms with Gasteiger partial charge in [0.05, 0.1) is 13.4 Å². The maximum atomic E-state index is 13.2. The number of amides is 2. The van der Waals surface area contributed by atoms with Crippen LogP contribution in [0, 0.1) is 23.7 Å². The molecule has 1 aromatic heterocycles. The van der Waals surface area contributed by atoms with Crippen LogP contribution >= 0.6 is 0 Å². The predicted octanol–water partition coefficient (Wildman–Crippen LogP) is 4.42. The van der Waals surface area contributed by atoms with E-state index in [4.69, 9.17) is 9.15 Å². The first-order chi connectivity index (χ1) is 16.5. The normalized spacial score (nSPS) is 24.9. The largest absolute Gasteiger partial charge is 0.497 e. The molecule has 1 unspecified atom stereocenters. The average Bonchev–Trinajstić information content (AvgIpc) is 3.65. The van der Waals surface area contributed by atoms with Gasteiger partial charge in [0.1, 0.15) is 5.75 Å². The van der Waals surface area contributed by atoms with Crippen LogP contribution in [0.25, 0.3) is 0 Å². The molecule has 0 N–H and O–H groups in total. The van der Waals surface area contributed by atoms with E-state index in [1.165, 1.54) is 6.26 Å². The highest BCUT2D eigenvalue weighted by molar-refractivity contribution is 5.91. The zero-order valence-corrected chi connectivity index (χ0v) is 20.1. The molecule has 2 amide bonds. The molecule has 4 atom stereocenters. The molecule has 1 aliphatic heterocycles. The number of hydrogen-bond acceptors (Lipinski definition) is 4. The van der Waals surface area contributed by atoms with Gasteiger partial charge in [0.2, 0.25) is 5.91 Å². The standard InChI is InChI=1S/C28H34N2O4/c1-29(28(32)26-7-4-14-34-26)25(18-19-5-3-6-23(16-19)33-2)21-10-12-30(13-11-21)27(31)24-17-20-8-9-22(24)15-20/h3-9,14,16,20-22,24-25H,10-13,15,17-18H2,1-2H3/t20-,22+,24+,25?/m1/s1. The number of carbonyl (C=O) groups excluding carboxylic acids is 2. The fourth-order valence-electron chi connectivity index (χ4n) is 6.19. The second kappa shape index (κ2) is 9.69. The molecule has 2 aliphatic carbocycles. The van der Waals surface area contributed by atoms with Crippen LogP contribution in [0.2, 0.25) is 0 Å². The molecule has 0 spiro atoms. The van der Waals surface area contributed by atoms with E-state index < -0.39 is 0 Å². The topological polar surface area (TPSA) is 63.0 Å². The van der Waals surface area contributed by atoms with Crippen LogP contribution in [0.1, 0.15) is 41.8 Å². The number of hydrogen-bond donors (Lipinski definition) is 0. The number of allylic oxidation sites excluding steroid dienone is 2. The van der Waals surface area contributed by atoms with Gasteiger partial charge < -0.3 is 19.0 Å². The Kier molecular flexibility index (Phi) is 6.48. The first-order valence-electron chi connectivity index (χ1n) is 12.4. The molecular formula is C28H34N2O4. The number of piperidine rings is 1. The summed E-state index contributed by atoms with van der Waals surface area (Å²) in [7, 11) is 3.54. The van der Waals surface area contributed by atoms with E-state index in [0.717, 1.165) is 56.5 Å². The number of fused-ring (bicyclic) bond motifs is 2. The van der Waals surface area contributed by atoms with Crippen molar-refractivity contribution in [1.82, 2.24) is 9.80 Å². The van der Waals surface area contributed by atoms with E-state index in [9.17, 15) is 9.59 Å². The zero-order valence-electron chi connectivity index (χ0n) is 20.1.